The second kappa shape index (κ2) is 5.92. The van der Waals surface area contributed by atoms with Gasteiger partial charge in [0.2, 0.25) is 11.9 Å². The van der Waals surface area contributed by atoms with Crippen LogP contribution in [-0.2, 0) is 6.42 Å². The van der Waals surface area contributed by atoms with Crippen LogP contribution in [0, 0.1) is 0 Å². The lowest BCUT2D eigenvalue weighted by Crippen LogP contribution is -2.22. The number of aryl methyl sites for hydroxylation is 1. The molecule has 0 amide bonds. The van der Waals surface area contributed by atoms with Crippen molar-refractivity contribution in [3.63, 3.8) is 0 Å². The highest BCUT2D eigenvalue weighted by atomic mass is 16.5. The van der Waals surface area contributed by atoms with Crippen LogP contribution in [0.2, 0.25) is 0 Å². The number of nitrogen functional groups attached to an aromatic ring is 1. The smallest absolute Gasteiger partial charge is 0.322 e. The number of ether oxygens (including phenoxy) is 1. The van der Waals surface area contributed by atoms with Crippen LogP contribution in [0.1, 0.15) is 18.4 Å². The molecule has 3 N–H and O–H groups in total. The molecule has 0 unspecified atom stereocenters. The summed E-state index contributed by atoms with van der Waals surface area (Å²) in [7, 11) is 1.52. The Morgan fingerprint density at radius 2 is 2.05 bits per heavy atom. The molecule has 21 heavy (non-hydrogen) atoms. The number of anilines is 3. The zero-order chi connectivity index (χ0) is 14.7. The first-order valence-corrected chi connectivity index (χ1v) is 6.94. The van der Waals surface area contributed by atoms with Crippen LogP contribution in [0.3, 0.4) is 0 Å². The SMILES string of the molecule is COc1nc(NN)nc(N2CCCCc3ccccc32)n1. The van der Waals surface area contributed by atoms with Crippen molar-refractivity contribution in [2.75, 3.05) is 24.0 Å². The molecule has 1 aliphatic rings. The average Bonchev–Trinajstić information content (AvgIpc) is 2.76. The Labute approximate surface area is 123 Å². The number of hydrazine groups is 1. The zero-order valence-corrected chi connectivity index (χ0v) is 11.9. The Kier molecular flexibility index (Phi) is 3.83. The molecule has 1 aromatic carbocycles. The van der Waals surface area contributed by atoms with E-state index in [4.69, 9.17) is 10.6 Å². The van der Waals surface area contributed by atoms with Crippen molar-refractivity contribution < 1.29 is 4.74 Å². The van der Waals surface area contributed by atoms with Gasteiger partial charge in [0.15, 0.2) is 0 Å². The number of methoxy groups -OCH3 is 1. The predicted octanol–water partition coefficient (Wildman–Crippen LogP) is 1.64. The molecular formula is C14H18N6O. The molecular weight excluding hydrogens is 268 g/mol. The molecule has 2 heterocycles. The Bertz CT molecular complexity index is 610. The van der Waals surface area contributed by atoms with E-state index in [1.54, 1.807) is 0 Å². The van der Waals surface area contributed by atoms with Gasteiger partial charge in [-0.15, -0.1) is 0 Å². The maximum Gasteiger partial charge on any atom is 0.322 e. The van der Waals surface area contributed by atoms with Gasteiger partial charge in [-0.2, -0.15) is 15.0 Å². The summed E-state index contributed by atoms with van der Waals surface area (Å²) in [6, 6.07) is 8.57. The van der Waals surface area contributed by atoms with E-state index in [0.29, 0.717) is 11.9 Å². The highest BCUT2D eigenvalue weighted by molar-refractivity contribution is 5.63. The van der Waals surface area contributed by atoms with Crippen LogP contribution >= 0.6 is 0 Å². The van der Waals surface area contributed by atoms with Crippen molar-refractivity contribution in [1.29, 1.82) is 0 Å². The topological polar surface area (TPSA) is 89.2 Å². The van der Waals surface area contributed by atoms with Crippen molar-refractivity contribution in [1.82, 2.24) is 15.0 Å². The molecule has 0 bridgehead atoms. The van der Waals surface area contributed by atoms with Crippen LogP contribution < -0.4 is 20.9 Å². The van der Waals surface area contributed by atoms with Gasteiger partial charge in [0, 0.05) is 12.2 Å². The largest absolute Gasteiger partial charge is 0.467 e. The monoisotopic (exact) mass is 286 g/mol. The zero-order valence-electron chi connectivity index (χ0n) is 11.9. The fourth-order valence-electron chi connectivity index (χ4n) is 2.52. The third kappa shape index (κ3) is 2.73. The quantitative estimate of drug-likeness (QED) is 0.655. The minimum atomic E-state index is 0.245. The van der Waals surface area contributed by atoms with E-state index in [2.05, 4.69) is 43.5 Å². The summed E-state index contributed by atoms with van der Waals surface area (Å²) >= 11 is 0. The highest BCUT2D eigenvalue weighted by Crippen LogP contribution is 2.31. The lowest BCUT2D eigenvalue weighted by Gasteiger charge is -2.23. The maximum atomic E-state index is 5.42. The van der Waals surface area contributed by atoms with Gasteiger partial charge in [0.05, 0.1) is 7.11 Å². The molecule has 0 saturated heterocycles. The molecule has 2 aromatic rings. The Morgan fingerprint density at radius 3 is 2.86 bits per heavy atom. The number of nitrogens with one attached hydrogen (secondary N) is 1. The molecule has 1 aromatic heterocycles. The van der Waals surface area contributed by atoms with E-state index in [9.17, 15) is 0 Å². The fourth-order valence-corrected chi connectivity index (χ4v) is 2.52. The van der Waals surface area contributed by atoms with Crippen molar-refractivity contribution in [3.05, 3.63) is 29.8 Å². The first-order chi connectivity index (χ1) is 10.3. The van der Waals surface area contributed by atoms with Gasteiger partial charge in [-0.05, 0) is 30.9 Å². The highest BCUT2D eigenvalue weighted by Gasteiger charge is 2.20. The molecule has 0 radical (unpaired) electrons. The summed E-state index contributed by atoms with van der Waals surface area (Å²) < 4.78 is 5.12. The molecule has 110 valence electrons. The van der Waals surface area contributed by atoms with Crippen LogP contribution in [0.25, 0.3) is 0 Å². The molecule has 0 fully saturated rings. The second-order valence-corrected chi connectivity index (χ2v) is 4.83. The summed E-state index contributed by atoms with van der Waals surface area (Å²) in [5, 5.41) is 0. The van der Waals surface area contributed by atoms with E-state index in [1.165, 1.54) is 12.7 Å². The van der Waals surface area contributed by atoms with E-state index < -0.39 is 0 Å². The lowest BCUT2D eigenvalue weighted by atomic mass is 10.1. The normalized spacial score (nSPS) is 14.3. The Morgan fingerprint density at radius 1 is 1.19 bits per heavy atom. The number of nitrogens with two attached hydrogens (primary N) is 1. The molecule has 7 heteroatoms. The van der Waals surface area contributed by atoms with Gasteiger partial charge in [0.25, 0.3) is 0 Å². The minimum Gasteiger partial charge on any atom is -0.467 e. The molecule has 0 spiro atoms. The van der Waals surface area contributed by atoms with Crippen molar-refractivity contribution >= 4 is 17.6 Å². The van der Waals surface area contributed by atoms with Gasteiger partial charge in [-0.3, -0.25) is 5.43 Å². The van der Waals surface area contributed by atoms with Crippen molar-refractivity contribution in [2.24, 2.45) is 5.84 Å². The van der Waals surface area contributed by atoms with Gasteiger partial charge < -0.3 is 9.64 Å². The van der Waals surface area contributed by atoms with E-state index in [1.807, 2.05) is 6.07 Å². The summed E-state index contributed by atoms with van der Waals surface area (Å²) in [5.41, 5.74) is 4.89. The molecule has 3 rings (SSSR count). The van der Waals surface area contributed by atoms with Gasteiger partial charge in [-0.1, -0.05) is 18.2 Å². The lowest BCUT2D eigenvalue weighted by molar-refractivity contribution is 0.379. The van der Waals surface area contributed by atoms with Crippen LogP contribution in [0.5, 0.6) is 6.01 Å². The van der Waals surface area contributed by atoms with E-state index in [-0.39, 0.29) is 6.01 Å². The number of fused-ring (bicyclic) bond motifs is 1. The second-order valence-electron chi connectivity index (χ2n) is 4.83. The molecule has 1 aliphatic heterocycles. The van der Waals surface area contributed by atoms with Crippen LogP contribution in [0.4, 0.5) is 17.6 Å². The first-order valence-electron chi connectivity index (χ1n) is 6.94. The Hall–Kier alpha value is -2.41. The number of para-hydroxylation sites is 1. The molecule has 0 atom stereocenters. The number of aromatic nitrogens is 3. The number of hydrogen-bond donors (Lipinski definition) is 2. The third-order valence-electron chi connectivity index (χ3n) is 3.52. The number of hydrogen-bond acceptors (Lipinski definition) is 7. The van der Waals surface area contributed by atoms with E-state index in [0.717, 1.165) is 31.5 Å². The molecule has 0 aliphatic carbocycles. The van der Waals surface area contributed by atoms with Gasteiger partial charge in [-0.25, -0.2) is 5.84 Å². The van der Waals surface area contributed by atoms with Gasteiger partial charge >= 0.3 is 6.01 Å². The Balaban J connectivity index is 2.07. The predicted molar refractivity (Wildman–Crippen MR) is 80.6 cm³/mol. The summed E-state index contributed by atoms with van der Waals surface area (Å²) in [4.78, 5) is 14.8. The third-order valence-corrected chi connectivity index (χ3v) is 3.52. The van der Waals surface area contributed by atoms with Crippen molar-refractivity contribution in [3.8, 4) is 6.01 Å². The first kappa shape index (κ1) is 13.6. The van der Waals surface area contributed by atoms with Gasteiger partial charge in [0.1, 0.15) is 0 Å². The number of rotatable bonds is 3. The summed E-state index contributed by atoms with van der Waals surface area (Å²) in [5.74, 6) is 6.26. The molecule has 7 nitrogen and oxygen atoms in total. The average molecular weight is 286 g/mol. The van der Waals surface area contributed by atoms with Crippen LogP contribution in [-0.4, -0.2) is 28.6 Å². The molecule has 0 saturated carbocycles. The number of nitrogens with zero attached hydrogens (tertiary/aromatic N) is 4. The fraction of sp³-hybridized carbons (Fsp3) is 0.357. The summed E-state index contributed by atoms with van der Waals surface area (Å²) in [6.07, 6.45) is 3.29. The minimum absolute atomic E-state index is 0.245. The summed E-state index contributed by atoms with van der Waals surface area (Å²) in [6.45, 7) is 0.855. The standard InChI is InChI=1S/C14H18N6O/c1-21-14-17-12(19-15)16-13(18-14)20-9-5-4-7-10-6-2-3-8-11(10)20/h2-3,6,8H,4-5,7,9,15H2,1H3,(H,16,17,18,19). The number of benzene rings is 1. The maximum absolute atomic E-state index is 5.42. The van der Waals surface area contributed by atoms with Crippen molar-refractivity contribution in [2.45, 2.75) is 19.3 Å². The van der Waals surface area contributed by atoms with E-state index >= 15 is 0 Å². The van der Waals surface area contributed by atoms with Crippen LogP contribution in [0.15, 0.2) is 24.3 Å².